The van der Waals surface area contributed by atoms with Gasteiger partial charge in [0.1, 0.15) is 23.5 Å². The van der Waals surface area contributed by atoms with Gasteiger partial charge in [-0.3, -0.25) is 4.31 Å². The van der Waals surface area contributed by atoms with Gasteiger partial charge in [0.2, 0.25) is 10.0 Å². The summed E-state index contributed by atoms with van der Waals surface area (Å²) in [7, 11) is -3.18. The average molecular weight is 386 g/mol. The van der Waals surface area contributed by atoms with Crippen LogP contribution in [0.15, 0.2) is 48.8 Å². The van der Waals surface area contributed by atoms with Gasteiger partial charge in [-0.05, 0) is 43.2 Å². The van der Waals surface area contributed by atoms with Crippen molar-refractivity contribution in [2.24, 2.45) is 0 Å². The molecule has 3 aromatic rings. The fourth-order valence-electron chi connectivity index (χ4n) is 3.31. The molecule has 2 aromatic carbocycles. The summed E-state index contributed by atoms with van der Waals surface area (Å²) >= 11 is 0. The van der Waals surface area contributed by atoms with E-state index in [0.717, 1.165) is 5.56 Å². The Kier molecular flexibility index (Phi) is 4.43. The summed E-state index contributed by atoms with van der Waals surface area (Å²) in [5.74, 6) is 0.365. The molecule has 0 spiro atoms. The van der Waals surface area contributed by atoms with E-state index in [1.54, 1.807) is 12.1 Å². The first-order valence-corrected chi connectivity index (χ1v) is 10.3. The predicted molar refractivity (Wildman–Crippen MR) is 104 cm³/mol. The lowest BCUT2D eigenvalue weighted by atomic mass is 10.1. The second kappa shape index (κ2) is 6.77. The van der Waals surface area contributed by atoms with E-state index < -0.39 is 10.0 Å². The van der Waals surface area contributed by atoms with E-state index in [0.29, 0.717) is 29.9 Å². The topological polar surface area (TPSA) is 75.2 Å². The van der Waals surface area contributed by atoms with Gasteiger partial charge in [-0.1, -0.05) is 18.2 Å². The van der Waals surface area contributed by atoms with Crippen molar-refractivity contribution in [2.75, 3.05) is 21.9 Å². The largest absolute Gasteiger partial charge is 0.363 e. The molecule has 1 aliphatic heterocycles. The third-order valence-corrected chi connectivity index (χ3v) is 6.62. The van der Waals surface area contributed by atoms with Crippen molar-refractivity contribution < 1.29 is 12.8 Å². The molecule has 140 valence electrons. The number of nitrogens with zero attached hydrogens (tertiary/aromatic N) is 3. The molecule has 0 radical (unpaired) electrons. The molecule has 0 saturated carbocycles. The molecule has 27 heavy (non-hydrogen) atoms. The molecule has 0 bridgehead atoms. The number of aromatic nitrogens is 2. The minimum Gasteiger partial charge on any atom is -0.363 e. The molecule has 2 heterocycles. The van der Waals surface area contributed by atoms with Gasteiger partial charge in [-0.2, -0.15) is 0 Å². The number of para-hydroxylation sites is 1. The first-order chi connectivity index (χ1) is 13.0. The molecular formula is C19H19FN4O2S. The monoisotopic (exact) mass is 386 g/mol. The van der Waals surface area contributed by atoms with E-state index in [-0.39, 0.29) is 23.1 Å². The highest BCUT2D eigenvalue weighted by molar-refractivity contribution is 7.93. The van der Waals surface area contributed by atoms with Crippen LogP contribution in [0.3, 0.4) is 0 Å². The van der Waals surface area contributed by atoms with Crippen LogP contribution in [-0.4, -0.2) is 30.7 Å². The van der Waals surface area contributed by atoms with E-state index in [4.69, 9.17) is 0 Å². The van der Waals surface area contributed by atoms with Crippen LogP contribution >= 0.6 is 0 Å². The Balaban J connectivity index is 1.57. The molecule has 1 fully saturated rings. The zero-order valence-electron chi connectivity index (χ0n) is 14.8. The Hall–Kier alpha value is -2.74. The lowest BCUT2D eigenvalue weighted by Crippen LogP contribution is -2.25. The van der Waals surface area contributed by atoms with Gasteiger partial charge >= 0.3 is 0 Å². The lowest BCUT2D eigenvalue weighted by molar-refractivity contribution is 0.599. The molecule has 1 aliphatic rings. The Morgan fingerprint density at radius 2 is 1.93 bits per heavy atom. The summed E-state index contributed by atoms with van der Waals surface area (Å²) < 4.78 is 39.4. The third-order valence-electron chi connectivity index (χ3n) is 4.75. The van der Waals surface area contributed by atoms with E-state index in [1.807, 2.05) is 31.2 Å². The van der Waals surface area contributed by atoms with E-state index >= 15 is 0 Å². The first-order valence-electron chi connectivity index (χ1n) is 8.72. The zero-order valence-corrected chi connectivity index (χ0v) is 15.6. The maximum atomic E-state index is 13.9. The van der Waals surface area contributed by atoms with Crippen LogP contribution in [0.25, 0.3) is 10.9 Å². The van der Waals surface area contributed by atoms with Crippen molar-refractivity contribution in [3.8, 4) is 0 Å². The quantitative estimate of drug-likeness (QED) is 0.743. The summed E-state index contributed by atoms with van der Waals surface area (Å²) in [4.78, 5) is 8.24. The van der Waals surface area contributed by atoms with Gasteiger partial charge < -0.3 is 5.32 Å². The van der Waals surface area contributed by atoms with Crippen LogP contribution in [0.4, 0.5) is 15.9 Å². The van der Waals surface area contributed by atoms with Gasteiger partial charge in [0.15, 0.2) is 0 Å². The standard InChI is InChI=1S/C19H19FN4O2S/c1-13(23-19-16-4-2-5-17(20)18(16)21-12-22-19)14-6-8-15(9-7-14)24-10-3-11-27(24,25)26/h2,4-9,12-13H,3,10-11H2,1H3,(H,21,22,23). The molecule has 0 aliphatic carbocycles. The molecule has 1 atom stereocenters. The smallest absolute Gasteiger partial charge is 0.235 e. The molecule has 6 nitrogen and oxygen atoms in total. The summed E-state index contributed by atoms with van der Waals surface area (Å²) in [6.07, 6.45) is 1.99. The number of anilines is 2. The summed E-state index contributed by atoms with van der Waals surface area (Å²) in [5.41, 5.74) is 1.92. The van der Waals surface area contributed by atoms with E-state index in [2.05, 4.69) is 15.3 Å². The molecule has 8 heteroatoms. The highest BCUT2D eigenvalue weighted by Gasteiger charge is 2.28. The van der Waals surface area contributed by atoms with E-state index in [9.17, 15) is 12.8 Å². The van der Waals surface area contributed by atoms with Crippen molar-refractivity contribution in [3.05, 3.63) is 60.2 Å². The summed E-state index contributed by atoms with van der Waals surface area (Å²) in [6, 6.07) is 12.1. The third kappa shape index (κ3) is 3.32. The number of hydrogen-bond acceptors (Lipinski definition) is 5. The van der Waals surface area contributed by atoms with Crippen molar-refractivity contribution in [1.82, 2.24) is 9.97 Å². The van der Waals surface area contributed by atoms with Gasteiger partial charge in [-0.15, -0.1) is 0 Å². The lowest BCUT2D eigenvalue weighted by Gasteiger charge is -2.19. The van der Waals surface area contributed by atoms with Crippen LogP contribution in [0.2, 0.25) is 0 Å². The van der Waals surface area contributed by atoms with Crippen LogP contribution in [0.5, 0.6) is 0 Å². The maximum Gasteiger partial charge on any atom is 0.235 e. The Morgan fingerprint density at radius 1 is 1.15 bits per heavy atom. The molecule has 4 rings (SSSR count). The van der Waals surface area contributed by atoms with Gasteiger partial charge in [0.05, 0.1) is 11.4 Å². The van der Waals surface area contributed by atoms with Crippen molar-refractivity contribution >= 4 is 32.4 Å². The normalized spacial score (nSPS) is 17.2. The van der Waals surface area contributed by atoms with Gasteiger partial charge in [-0.25, -0.2) is 22.8 Å². The zero-order chi connectivity index (χ0) is 19.0. The van der Waals surface area contributed by atoms with Crippen molar-refractivity contribution in [1.29, 1.82) is 0 Å². The number of hydrogen-bond donors (Lipinski definition) is 1. The minimum absolute atomic E-state index is 0.101. The predicted octanol–water partition coefficient (Wildman–Crippen LogP) is 3.48. The SMILES string of the molecule is CC(Nc1ncnc2c(F)cccc12)c1ccc(N2CCCS2(=O)=O)cc1. The number of rotatable bonds is 4. The van der Waals surface area contributed by atoms with Crippen LogP contribution in [0, 0.1) is 5.82 Å². The Bertz CT molecular complexity index is 1090. The molecular weight excluding hydrogens is 367 g/mol. The fraction of sp³-hybridized carbons (Fsp3) is 0.263. The van der Waals surface area contributed by atoms with Crippen LogP contribution in [-0.2, 0) is 10.0 Å². The number of benzene rings is 2. The molecule has 0 amide bonds. The minimum atomic E-state index is -3.18. The van der Waals surface area contributed by atoms with E-state index in [1.165, 1.54) is 16.7 Å². The highest BCUT2D eigenvalue weighted by atomic mass is 32.2. The number of halogens is 1. The van der Waals surface area contributed by atoms with Gasteiger partial charge in [0.25, 0.3) is 0 Å². The summed E-state index contributed by atoms with van der Waals surface area (Å²) in [6.45, 7) is 2.49. The highest BCUT2D eigenvalue weighted by Crippen LogP contribution is 2.28. The van der Waals surface area contributed by atoms with Crippen molar-refractivity contribution in [2.45, 2.75) is 19.4 Å². The van der Waals surface area contributed by atoms with Crippen molar-refractivity contribution in [3.63, 3.8) is 0 Å². The molecule has 1 unspecified atom stereocenters. The summed E-state index contributed by atoms with van der Waals surface area (Å²) in [5, 5.41) is 3.90. The van der Waals surface area contributed by atoms with Crippen LogP contribution < -0.4 is 9.62 Å². The number of fused-ring (bicyclic) bond motifs is 1. The first kappa shape index (κ1) is 17.7. The molecule has 1 N–H and O–H groups in total. The number of sulfonamides is 1. The average Bonchev–Trinajstić information content (AvgIpc) is 3.02. The second-order valence-electron chi connectivity index (χ2n) is 6.56. The second-order valence-corrected chi connectivity index (χ2v) is 8.57. The van der Waals surface area contributed by atoms with Crippen LogP contribution in [0.1, 0.15) is 24.9 Å². The number of nitrogens with one attached hydrogen (secondary N) is 1. The Labute approximate surface area is 157 Å². The fourth-order valence-corrected chi connectivity index (χ4v) is 4.88. The Morgan fingerprint density at radius 3 is 2.63 bits per heavy atom. The molecule has 1 aromatic heterocycles. The maximum absolute atomic E-state index is 13.9. The molecule has 1 saturated heterocycles. The van der Waals surface area contributed by atoms with Gasteiger partial charge in [0, 0.05) is 18.0 Å².